The van der Waals surface area contributed by atoms with Gasteiger partial charge in [0.2, 0.25) is 0 Å². The van der Waals surface area contributed by atoms with E-state index in [2.05, 4.69) is 6.07 Å². The number of rotatable bonds is 1. The Bertz CT molecular complexity index is 133. The Morgan fingerprint density at radius 3 is 2.90 bits per heavy atom. The summed E-state index contributed by atoms with van der Waals surface area (Å²) >= 11 is 0. The molecular weight excluding hydrogens is 128 g/mol. The number of nitriles is 1. The van der Waals surface area contributed by atoms with Crippen molar-refractivity contribution in [2.75, 3.05) is 6.61 Å². The number of nitrogens with two attached hydrogens (primary N) is 1. The van der Waals surface area contributed by atoms with Crippen LogP contribution in [0.4, 0.5) is 0 Å². The molecule has 0 aromatic heterocycles. The molecule has 1 aliphatic heterocycles. The Kier molecular flexibility index (Phi) is 2.67. The van der Waals surface area contributed by atoms with Crippen LogP contribution < -0.4 is 5.73 Å². The van der Waals surface area contributed by atoms with E-state index in [-0.39, 0.29) is 12.1 Å². The van der Waals surface area contributed by atoms with Crippen molar-refractivity contribution in [3.8, 4) is 6.07 Å². The van der Waals surface area contributed by atoms with Crippen molar-refractivity contribution in [3.63, 3.8) is 0 Å². The molecule has 0 spiro atoms. The van der Waals surface area contributed by atoms with Crippen molar-refractivity contribution in [2.24, 2.45) is 5.73 Å². The molecule has 1 aliphatic rings. The van der Waals surface area contributed by atoms with E-state index in [4.69, 9.17) is 15.7 Å². The second-order valence-corrected chi connectivity index (χ2v) is 2.66. The van der Waals surface area contributed by atoms with Gasteiger partial charge in [-0.15, -0.1) is 0 Å². The van der Waals surface area contributed by atoms with E-state index < -0.39 is 0 Å². The van der Waals surface area contributed by atoms with Gasteiger partial charge in [-0.3, -0.25) is 0 Å². The first kappa shape index (κ1) is 7.52. The molecule has 0 radical (unpaired) electrons. The van der Waals surface area contributed by atoms with Crippen molar-refractivity contribution in [2.45, 2.75) is 31.4 Å². The number of hydrogen-bond donors (Lipinski definition) is 1. The minimum atomic E-state index is 0.143. The third-order valence-corrected chi connectivity index (χ3v) is 1.72. The van der Waals surface area contributed by atoms with E-state index in [9.17, 15) is 0 Å². The van der Waals surface area contributed by atoms with Gasteiger partial charge in [-0.1, -0.05) is 0 Å². The Morgan fingerprint density at radius 2 is 2.40 bits per heavy atom. The van der Waals surface area contributed by atoms with E-state index in [0.29, 0.717) is 13.0 Å². The first-order valence-electron chi connectivity index (χ1n) is 3.57. The van der Waals surface area contributed by atoms with Gasteiger partial charge in [0.05, 0.1) is 25.2 Å². The van der Waals surface area contributed by atoms with Gasteiger partial charge in [0.25, 0.3) is 0 Å². The topological polar surface area (TPSA) is 59.0 Å². The van der Waals surface area contributed by atoms with Crippen LogP contribution in [0, 0.1) is 11.3 Å². The summed E-state index contributed by atoms with van der Waals surface area (Å²) in [5.41, 5.74) is 5.59. The van der Waals surface area contributed by atoms with Crippen molar-refractivity contribution in [1.82, 2.24) is 0 Å². The van der Waals surface area contributed by atoms with Gasteiger partial charge in [-0.2, -0.15) is 5.26 Å². The Balaban J connectivity index is 2.21. The summed E-state index contributed by atoms with van der Waals surface area (Å²) in [5, 5.41) is 8.32. The van der Waals surface area contributed by atoms with Crippen molar-refractivity contribution >= 4 is 0 Å². The molecule has 0 aromatic rings. The molecule has 1 heterocycles. The first-order valence-corrected chi connectivity index (χ1v) is 3.57. The summed E-state index contributed by atoms with van der Waals surface area (Å²) in [5.74, 6) is 0. The molecule has 0 amide bonds. The van der Waals surface area contributed by atoms with Gasteiger partial charge < -0.3 is 10.5 Å². The van der Waals surface area contributed by atoms with E-state index in [1.165, 1.54) is 0 Å². The lowest BCUT2D eigenvalue weighted by Crippen LogP contribution is -2.35. The molecule has 1 rings (SSSR count). The lowest BCUT2D eigenvalue weighted by atomic mass is 10.0. The standard InChI is InChI=1S/C7H12N2O/c8-4-3-7-2-1-6(9)5-10-7/h6-7H,1-3,5,9H2. The fourth-order valence-corrected chi connectivity index (χ4v) is 1.09. The lowest BCUT2D eigenvalue weighted by Gasteiger charge is -2.24. The molecule has 1 saturated heterocycles. The predicted molar refractivity (Wildman–Crippen MR) is 37.2 cm³/mol. The molecule has 0 saturated carbocycles. The highest BCUT2D eigenvalue weighted by atomic mass is 16.5. The zero-order valence-electron chi connectivity index (χ0n) is 5.92. The minimum absolute atomic E-state index is 0.143. The second-order valence-electron chi connectivity index (χ2n) is 2.66. The van der Waals surface area contributed by atoms with Crippen LogP contribution in [-0.4, -0.2) is 18.8 Å². The maximum Gasteiger partial charge on any atom is 0.0706 e. The molecular formula is C7H12N2O. The highest BCUT2D eigenvalue weighted by molar-refractivity contribution is 4.80. The van der Waals surface area contributed by atoms with Crippen LogP contribution in [0.3, 0.4) is 0 Å². The van der Waals surface area contributed by atoms with Crippen LogP contribution in [-0.2, 0) is 4.74 Å². The van der Waals surface area contributed by atoms with E-state index in [1.54, 1.807) is 0 Å². The van der Waals surface area contributed by atoms with Crippen LogP contribution in [0.1, 0.15) is 19.3 Å². The predicted octanol–water partition coefficient (Wildman–Crippen LogP) is 0.406. The average molecular weight is 140 g/mol. The number of ether oxygens (including phenoxy) is 1. The minimum Gasteiger partial charge on any atom is -0.376 e. The van der Waals surface area contributed by atoms with Gasteiger partial charge in [0.1, 0.15) is 0 Å². The molecule has 2 unspecified atom stereocenters. The summed E-state index contributed by atoms with van der Waals surface area (Å²) in [7, 11) is 0. The molecule has 56 valence electrons. The summed E-state index contributed by atoms with van der Waals surface area (Å²) in [6, 6.07) is 2.28. The average Bonchev–Trinajstić information content (AvgIpc) is 1.95. The molecule has 0 aliphatic carbocycles. The Hall–Kier alpha value is -0.590. The Labute approximate surface area is 60.8 Å². The van der Waals surface area contributed by atoms with Crippen LogP contribution in [0.2, 0.25) is 0 Å². The van der Waals surface area contributed by atoms with E-state index in [1.807, 2.05) is 0 Å². The fraction of sp³-hybridized carbons (Fsp3) is 0.857. The van der Waals surface area contributed by atoms with Crippen LogP contribution in [0.5, 0.6) is 0 Å². The molecule has 1 fully saturated rings. The summed E-state index contributed by atoms with van der Waals surface area (Å²) < 4.78 is 5.28. The van der Waals surface area contributed by atoms with E-state index in [0.717, 1.165) is 12.8 Å². The summed E-state index contributed by atoms with van der Waals surface area (Å²) in [6.45, 7) is 0.617. The SMILES string of the molecule is N#CCC1CCC(N)CO1. The van der Waals surface area contributed by atoms with Crippen LogP contribution in [0.15, 0.2) is 0 Å². The van der Waals surface area contributed by atoms with Gasteiger partial charge in [0, 0.05) is 6.04 Å². The molecule has 3 heteroatoms. The number of nitrogens with zero attached hydrogens (tertiary/aromatic N) is 1. The zero-order valence-corrected chi connectivity index (χ0v) is 5.92. The summed E-state index contributed by atoms with van der Waals surface area (Å²) in [6.07, 6.45) is 2.58. The second kappa shape index (κ2) is 3.55. The normalized spacial score (nSPS) is 33.2. The van der Waals surface area contributed by atoms with Crippen LogP contribution in [0.25, 0.3) is 0 Å². The van der Waals surface area contributed by atoms with Crippen molar-refractivity contribution in [1.29, 1.82) is 5.26 Å². The number of hydrogen-bond acceptors (Lipinski definition) is 3. The fourth-order valence-electron chi connectivity index (χ4n) is 1.09. The monoisotopic (exact) mass is 140 g/mol. The molecule has 0 bridgehead atoms. The highest BCUT2D eigenvalue weighted by Gasteiger charge is 2.17. The van der Waals surface area contributed by atoms with Gasteiger partial charge in [-0.25, -0.2) is 0 Å². The molecule has 3 nitrogen and oxygen atoms in total. The third kappa shape index (κ3) is 1.98. The third-order valence-electron chi connectivity index (χ3n) is 1.72. The van der Waals surface area contributed by atoms with Crippen molar-refractivity contribution < 1.29 is 4.74 Å². The maximum atomic E-state index is 8.32. The van der Waals surface area contributed by atoms with Gasteiger partial charge in [0.15, 0.2) is 0 Å². The Morgan fingerprint density at radius 1 is 1.60 bits per heavy atom. The molecule has 0 aromatic carbocycles. The first-order chi connectivity index (χ1) is 4.83. The molecule has 10 heavy (non-hydrogen) atoms. The molecule has 2 atom stereocenters. The maximum absolute atomic E-state index is 8.32. The van der Waals surface area contributed by atoms with Crippen molar-refractivity contribution in [3.05, 3.63) is 0 Å². The quantitative estimate of drug-likeness (QED) is 0.573. The van der Waals surface area contributed by atoms with Gasteiger partial charge >= 0.3 is 0 Å². The molecule has 2 N–H and O–H groups in total. The van der Waals surface area contributed by atoms with Gasteiger partial charge in [-0.05, 0) is 12.8 Å². The smallest absolute Gasteiger partial charge is 0.0706 e. The summed E-state index contributed by atoms with van der Waals surface area (Å²) in [4.78, 5) is 0. The largest absolute Gasteiger partial charge is 0.376 e. The highest BCUT2D eigenvalue weighted by Crippen LogP contribution is 2.13. The van der Waals surface area contributed by atoms with Crippen LogP contribution >= 0.6 is 0 Å². The zero-order chi connectivity index (χ0) is 7.40. The lowest BCUT2D eigenvalue weighted by molar-refractivity contribution is 0.00864. The van der Waals surface area contributed by atoms with E-state index >= 15 is 0 Å².